The van der Waals surface area contributed by atoms with Crippen molar-refractivity contribution in [2.75, 3.05) is 0 Å². The van der Waals surface area contributed by atoms with Crippen LogP contribution in [0.15, 0.2) is 17.1 Å². The number of pyridine rings is 1. The number of hydrogen-bond acceptors (Lipinski definition) is 5. The van der Waals surface area contributed by atoms with E-state index in [4.69, 9.17) is 4.74 Å². The van der Waals surface area contributed by atoms with E-state index in [1.807, 2.05) is 0 Å². The Morgan fingerprint density at radius 3 is 2.76 bits per heavy atom. The predicted octanol–water partition coefficient (Wildman–Crippen LogP) is 1.94. The molecule has 1 aromatic carbocycles. The molecular weight excluding hydrogens is 443 g/mol. The van der Waals surface area contributed by atoms with Crippen molar-refractivity contribution in [3.05, 3.63) is 62.3 Å². The second kappa shape index (κ2) is 7.62. The number of nitrogens with zero attached hydrogens (tertiary/aromatic N) is 2. The normalized spacial score (nSPS) is 23.3. The number of carbonyl (C=O) groups excluding carboxylic acids is 2. The monoisotopic (exact) mass is 463 g/mol. The van der Waals surface area contributed by atoms with Gasteiger partial charge in [-0.25, -0.2) is 13.2 Å². The molecule has 0 spiro atoms. The van der Waals surface area contributed by atoms with Crippen LogP contribution in [0.25, 0.3) is 0 Å². The van der Waals surface area contributed by atoms with Crippen LogP contribution in [0, 0.1) is 24.4 Å². The number of amides is 2. The molecule has 1 aromatic heterocycles. The first-order chi connectivity index (χ1) is 15.7. The van der Waals surface area contributed by atoms with Crippen LogP contribution in [-0.4, -0.2) is 44.8 Å². The minimum atomic E-state index is -1.18. The predicted molar refractivity (Wildman–Crippen MR) is 107 cm³/mol. The fraction of sp³-hybridized carbons (Fsp3) is 0.409. The molecule has 2 bridgehead atoms. The zero-order valence-corrected chi connectivity index (χ0v) is 17.5. The van der Waals surface area contributed by atoms with E-state index in [-0.39, 0.29) is 24.4 Å². The molecule has 33 heavy (non-hydrogen) atoms. The van der Waals surface area contributed by atoms with Gasteiger partial charge in [-0.05, 0) is 26.2 Å². The third kappa shape index (κ3) is 3.29. The molecule has 3 heterocycles. The van der Waals surface area contributed by atoms with Gasteiger partial charge < -0.3 is 24.6 Å². The molecule has 2 aromatic rings. The maximum absolute atomic E-state index is 14.2. The van der Waals surface area contributed by atoms with Crippen LogP contribution < -0.4 is 10.7 Å². The lowest BCUT2D eigenvalue weighted by atomic mass is 10.1. The van der Waals surface area contributed by atoms with E-state index in [1.165, 1.54) is 4.57 Å². The van der Waals surface area contributed by atoms with E-state index < -0.39 is 69.9 Å². The molecule has 0 unspecified atom stereocenters. The fourth-order valence-corrected chi connectivity index (χ4v) is 4.88. The number of carbonyl (C=O) groups is 2. The zero-order chi connectivity index (χ0) is 23.6. The lowest BCUT2D eigenvalue weighted by Gasteiger charge is -2.44. The molecule has 2 amide bonds. The van der Waals surface area contributed by atoms with E-state index in [0.717, 1.165) is 26.0 Å². The smallest absolute Gasteiger partial charge is 0.276 e. The van der Waals surface area contributed by atoms with Crippen molar-refractivity contribution in [3.8, 4) is 5.75 Å². The third-order valence-corrected chi connectivity index (χ3v) is 6.62. The van der Waals surface area contributed by atoms with E-state index in [1.54, 1.807) is 4.90 Å². The Morgan fingerprint density at radius 1 is 1.24 bits per heavy atom. The van der Waals surface area contributed by atoms with Gasteiger partial charge in [0.2, 0.25) is 5.43 Å². The number of nitrogens with one attached hydrogen (secondary N) is 1. The second-order valence-corrected chi connectivity index (χ2v) is 8.55. The highest BCUT2D eigenvalue weighted by molar-refractivity contribution is 5.99. The topological polar surface area (TPSA) is 101 Å². The first-order valence-corrected chi connectivity index (χ1v) is 10.5. The Kier molecular flexibility index (Phi) is 4.96. The summed E-state index contributed by atoms with van der Waals surface area (Å²) >= 11 is 0. The number of ether oxygens (including phenoxy) is 1. The van der Waals surface area contributed by atoms with Crippen LogP contribution in [0.5, 0.6) is 5.75 Å². The molecule has 8 nitrogen and oxygen atoms in total. The molecule has 2 N–H and O–H groups in total. The number of aromatic nitrogens is 1. The van der Waals surface area contributed by atoms with Crippen molar-refractivity contribution in [2.45, 2.75) is 57.6 Å². The van der Waals surface area contributed by atoms with Gasteiger partial charge in [-0.1, -0.05) is 0 Å². The lowest BCUT2D eigenvalue weighted by molar-refractivity contribution is -0.132. The first-order valence-electron chi connectivity index (χ1n) is 10.5. The quantitative estimate of drug-likeness (QED) is 0.725. The first kappa shape index (κ1) is 21.5. The number of benzene rings is 1. The van der Waals surface area contributed by atoms with Crippen molar-refractivity contribution in [1.82, 2.24) is 14.8 Å². The van der Waals surface area contributed by atoms with Crippen LogP contribution in [0.3, 0.4) is 0 Å². The Hall–Kier alpha value is -3.34. The maximum atomic E-state index is 14.2. The van der Waals surface area contributed by atoms with Crippen LogP contribution in [-0.2, 0) is 17.8 Å². The Bertz CT molecular complexity index is 1260. The molecule has 1 saturated heterocycles. The Labute approximate surface area is 185 Å². The summed E-state index contributed by atoms with van der Waals surface area (Å²) in [5.74, 6) is -5.82. The van der Waals surface area contributed by atoms with Crippen LogP contribution in [0.1, 0.15) is 51.2 Å². The summed E-state index contributed by atoms with van der Waals surface area (Å²) in [5, 5.41) is 12.7. The van der Waals surface area contributed by atoms with Gasteiger partial charge in [0.1, 0.15) is 23.0 Å². The van der Waals surface area contributed by atoms with Crippen molar-refractivity contribution in [3.63, 3.8) is 0 Å². The summed E-state index contributed by atoms with van der Waals surface area (Å²) in [6.07, 6.45) is 2.86. The lowest BCUT2D eigenvalue weighted by Crippen LogP contribution is -2.57. The minimum Gasteiger partial charge on any atom is -0.503 e. The minimum absolute atomic E-state index is 0.0311. The van der Waals surface area contributed by atoms with E-state index in [9.17, 15) is 32.7 Å². The van der Waals surface area contributed by atoms with Crippen molar-refractivity contribution in [1.29, 1.82) is 0 Å². The zero-order valence-electron chi connectivity index (χ0n) is 17.5. The van der Waals surface area contributed by atoms with Crippen LogP contribution in [0.2, 0.25) is 0 Å². The van der Waals surface area contributed by atoms with Gasteiger partial charge in [-0.3, -0.25) is 14.4 Å². The average molecular weight is 463 g/mol. The van der Waals surface area contributed by atoms with Gasteiger partial charge in [-0.15, -0.1) is 0 Å². The Morgan fingerprint density at radius 2 is 2.00 bits per heavy atom. The number of aromatic hydroxyl groups is 1. The number of hydrogen-bond donors (Lipinski definition) is 2. The average Bonchev–Trinajstić information content (AvgIpc) is 3.14. The molecule has 2 fully saturated rings. The molecule has 3 aliphatic rings. The summed E-state index contributed by atoms with van der Waals surface area (Å²) in [4.78, 5) is 39.9. The largest absolute Gasteiger partial charge is 0.503 e. The molecule has 11 heteroatoms. The fourth-order valence-electron chi connectivity index (χ4n) is 4.88. The van der Waals surface area contributed by atoms with Crippen molar-refractivity contribution >= 4 is 11.8 Å². The van der Waals surface area contributed by atoms with Gasteiger partial charge in [0, 0.05) is 36.0 Å². The molecule has 1 saturated carbocycles. The number of fused-ring (bicyclic) bond motifs is 5. The van der Waals surface area contributed by atoms with Crippen LogP contribution >= 0.6 is 0 Å². The summed E-state index contributed by atoms with van der Waals surface area (Å²) in [7, 11) is 0. The highest BCUT2D eigenvalue weighted by Gasteiger charge is 2.47. The van der Waals surface area contributed by atoms with Crippen molar-refractivity contribution in [2.24, 2.45) is 0 Å². The van der Waals surface area contributed by atoms with Crippen LogP contribution in [0.4, 0.5) is 13.2 Å². The molecular formula is C22H20F3N3O5. The third-order valence-electron chi connectivity index (χ3n) is 6.62. The summed E-state index contributed by atoms with van der Waals surface area (Å²) in [6.45, 7) is 0.590. The van der Waals surface area contributed by atoms with Gasteiger partial charge in [0.05, 0.1) is 12.6 Å². The second-order valence-electron chi connectivity index (χ2n) is 8.55. The van der Waals surface area contributed by atoms with Gasteiger partial charge in [0.15, 0.2) is 17.7 Å². The SMILES string of the molecule is Cc1c(F)cc(F)c(CNC(=O)c2cn3c(c(O)c2=O)C(=O)N2[C@H]4CC[C@H](C4)O[C@@H]2C3)c1F. The standard InChI is InChI=1S/C22H20F3N3O5/c1-9-14(23)5-15(24)12(17(9)25)6-26-21(31)13-7-27-8-16-28(10-2-3-11(4-10)33-16)22(32)18(27)20(30)19(13)29/h5,7,10-11,16,30H,2-4,6,8H2,1H3,(H,26,31)/t10-,11+,16+/m0/s1. The van der Waals surface area contributed by atoms with E-state index in [0.29, 0.717) is 12.5 Å². The maximum Gasteiger partial charge on any atom is 0.276 e. The summed E-state index contributed by atoms with van der Waals surface area (Å²) in [6, 6.07) is 0.477. The van der Waals surface area contributed by atoms with E-state index in [2.05, 4.69) is 5.32 Å². The highest BCUT2D eigenvalue weighted by Crippen LogP contribution is 2.38. The molecule has 174 valence electrons. The van der Waals surface area contributed by atoms with Crippen molar-refractivity contribution < 1.29 is 32.6 Å². The molecule has 0 radical (unpaired) electrons. The summed E-state index contributed by atoms with van der Waals surface area (Å²) < 4.78 is 48.9. The van der Waals surface area contributed by atoms with Gasteiger partial charge >= 0.3 is 0 Å². The molecule has 3 atom stereocenters. The van der Waals surface area contributed by atoms with E-state index >= 15 is 0 Å². The molecule has 5 rings (SSSR count). The summed E-state index contributed by atoms with van der Waals surface area (Å²) in [5.41, 5.74) is -2.79. The molecule has 1 aliphatic carbocycles. The number of halogens is 3. The Balaban J connectivity index is 1.44. The van der Waals surface area contributed by atoms with Gasteiger partial charge in [-0.2, -0.15) is 0 Å². The van der Waals surface area contributed by atoms with Gasteiger partial charge in [0.25, 0.3) is 11.8 Å². The number of rotatable bonds is 3. The molecule has 2 aliphatic heterocycles. The highest BCUT2D eigenvalue weighted by atomic mass is 19.1.